The van der Waals surface area contributed by atoms with Gasteiger partial charge < -0.3 is 31.0 Å². The van der Waals surface area contributed by atoms with Crippen molar-refractivity contribution in [3.8, 4) is 5.75 Å². The molecule has 2 atom stereocenters. The highest BCUT2D eigenvalue weighted by Crippen LogP contribution is 2.40. The molecule has 13 heteroatoms. The molecule has 0 spiro atoms. The third-order valence-electron chi connectivity index (χ3n) is 4.53. The third kappa shape index (κ3) is 6.28. The quantitative estimate of drug-likeness (QED) is 0.108. The zero-order valence-corrected chi connectivity index (χ0v) is 18.7. The second-order valence-electron chi connectivity index (χ2n) is 6.88. The van der Waals surface area contributed by atoms with Crippen LogP contribution in [0.5, 0.6) is 5.75 Å². The highest BCUT2D eigenvalue weighted by molar-refractivity contribution is 9.10. The van der Waals surface area contributed by atoms with Crippen LogP contribution in [0.1, 0.15) is 24.0 Å². The van der Waals surface area contributed by atoms with Crippen LogP contribution in [0.15, 0.2) is 27.3 Å². The van der Waals surface area contributed by atoms with E-state index in [9.17, 15) is 22.8 Å². The molecule has 1 aliphatic rings. The Kier molecular flexibility index (Phi) is 8.36. The van der Waals surface area contributed by atoms with Gasteiger partial charge in [0.1, 0.15) is 11.8 Å². The van der Waals surface area contributed by atoms with Crippen molar-refractivity contribution in [2.24, 2.45) is 10.9 Å². The van der Waals surface area contributed by atoms with Crippen LogP contribution in [0.25, 0.3) is 6.08 Å². The van der Waals surface area contributed by atoms with Gasteiger partial charge in [0.05, 0.1) is 12.7 Å². The third-order valence-corrected chi connectivity index (χ3v) is 4.99. The number of hydrogen-bond acceptors (Lipinski definition) is 6. The van der Waals surface area contributed by atoms with Gasteiger partial charge in [0.15, 0.2) is 0 Å². The molecule has 0 radical (unpaired) electrons. The number of carbonyl (C=O) groups excluding carboxylic acids is 2. The fourth-order valence-corrected chi connectivity index (χ4v) is 3.66. The molecular formula is C19H22BrF3N4O5. The number of fused-ring (bicyclic) bond motifs is 1. The molecule has 1 unspecified atom stereocenters. The van der Waals surface area contributed by atoms with Gasteiger partial charge in [-0.3, -0.25) is 4.79 Å². The molecule has 0 saturated carbocycles. The second-order valence-corrected chi connectivity index (χ2v) is 7.80. The summed E-state index contributed by atoms with van der Waals surface area (Å²) in [7, 11) is 1.09. The average Bonchev–Trinajstić information content (AvgIpc) is 2.73. The van der Waals surface area contributed by atoms with E-state index in [0.29, 0.717) is 15.6 Å². The lowest BCUT2D eigenvalue weighted by molar-refractivity contribution is -0.185. The largest absolute Gasteiger partial charge is 0.475 e. The Balaban J connectivity index is 2.27. The van der Waals surface area contributed by atoms with Gasteiger partial charge in [0.25, 0.3) is 5.91 Å². The second kappa shape index (κ2) is 10.6. The molecular weight excluding hydrogens is 501 g/mol. The molecule has 1 aliphatic heterocycles. The van der Waals surface area contributed by atoms with Crippen LogP contribution in [0, 0.1) is 6.92 Å². The van der Waals surface area contributed by atoms with E-state index in [1.807, 2.05) is 0 Å². The highest BCUT2D eigenvalue weighted by Gasteiger charge is 2.48. The van der Waals surface area contributed by atoms with Crippen molar-refractivity contribution < 1.29 is 37.4 Å². The van der Waals surface area contributed by atoms with E-state index in [4.69, 9.17) is 15.7 Å². The topological polar surface area (TPSA) is 135 Å². The molecule has 9 nitrogen and oxygen atoms in total. The number of nitrogens with one attached hydrogen (secondary N) is 2. The first-order chi connectivity index (χ1) is 15.0. The summed E-state index contributed by atoms with van der Waals surface area (Å²) in [6.07, 6.45) is -6.00. The van der Waals surface area contributed by atoms with Crippen LogP contribution in [-0.4, -0.2) is 55.0 Å². The Morgan fingerprint density at radius 2 is 2.09 bits per heavy atom. The standard InChI is InChI=1S/C19H22BrF3N4O5/c1-9-6-11(20)7-10-8-12(15(19(21,22)23)32-14(9)10)16(28)26-13(17(29)31-2)4-3-5-25-18(24)27-30/h6-8,13,15,30H,3-5H2,1-2H3,(H,26,28)(H3,24,25,27)/t13?,15-/m0/s1. The summed E-state index contributed by atoms with van der Waals surface area (Å²) < 4.78 is 51.4. The Morgan fingerprint density at radius 1 is 1.41 bits per heavy atom. The van der Waals surface area contributed by atoms with Crippen molar-refractivity contribution in [1.82, 2.24) is 10.6 Å². The number of carbonyl (C=O) groups is 2. The summed E-state index contributed by atoms with van der Waals surface area (Å²) in [5.74, 6) is -2.18. The molecule has 0 bridgehead atoms. The SMILES string of the molecule is COC(=O)C(CCCNC(N)=NO)NC(=O)C1=Cc2cc(Br)cc(C)c2O[C@@H]1C(F)(F)F. The lowest BCUT2D eigenvalue weighted by Gasteiger charge is -2.30. The van der Waals surface area contributed by atoms with E-state index in [2.05, 4.69) is 36.5 Å². The predicted molar refractivity (Wildman–Crippen MR) is 112 cm³/mol. The number of nitrogens with zero attached hydrogens (tertiary/aromatic N) is 1. The molecule has 1 aromatic carbocycles. The molecule has 0 fully saturated rings. The Morgan fingerprint density at radius 3 is 2.69 bits per heavy atom. The number of rotatable bonds is 7. The van der Waals surface area contributed by atoms with Gasteiger partial charge >= 0.3 is 12.1 Å². The van der Waals surface area contributed by atoms with Gasteiger partial charge in [0, 0.05) is 16.6 Å². The van der Waals surface area contributed by atoms with Crippen LogP contribution >= 0.6 is 15.9 Å². The highest BCUT2D eigenvalue weighted by atomic mass is 79.9. The zero-order chi connectivity index (χ0) is 24.1. The first kappa shape index (κ1) is 25.3. The monoisotopic (exact) mass is 522 g/mol. The minimum Gasteiger partial charge on any atom is -0.475 e. The molecule has 0 saturated heterocycles. The summed E-state index contributed by atoms with van der Waals surface area (Å²) in [5, 5.41) is 16.0. The summed E-state index contributed by atoms with van der Waals surface area (Å²) in [5.41, 5.74) is 5.33. The average molecular weight is 523 g/mol. The summed E-state index contributed by atoms with van der Waals surface area (Å²) in [6.45, 7) is 1.77. The van der Waals surface area contributed by atoms with Crippen molar-refractivity contribution in [2.45, 2.75) is 38.1 Å². The maximum Gasteiger partial charge on any atom is 0.429 e. The van der Waals surface area contributed by atoms with Crippen molar-refractivity contribution in [3.05, 3.63) is 33.3 Å². The fraction of sp³-hybridized carbons (Fsp3) is 0.421. The molecule has 5 N–H and O–H groups in total. The van der Waals surface area contributed by atoms with E-state index in [-0.39, 0.29) is 31.1 Å². The summed E-state index contributed by atoms with van der Waals surface area (Å²) >= 11 is 3.26. The van der Waals surface area contributed by atoms with Crippen LogP contribution in [0.2, 0.25) is 0 Å². The fourth-order valence-electron chi connectivity index (χ4n) is 3.07. The number of halogens is 4. The van der Waals surface area contributed by atoms with Gasteiger partial charge in [-0.15, -0.1) is 0 Å². The zero-order valence-electron chi connectivity index (χ0n) is 17.1. The van der Waals surface area contributed by atoms with Crippen molar-refractivity contribution in [1.29, 1.82) is 0 Å². The Labute approximate surface area is 189 Å². The minimum atomic E-state index is -4.87. The maximum atomic E-state index is 13.7. The van der Waals surface area contributed by atoms with Gasteiger partial charge in [0.2, 0.25) is 12.1 Å². The van der Waals surface area contributed by atoms with E-state index in [1.54, 1.807) is 13.0 Å². The lowest BCUT2D eigenvalue weighted by Crippen LogP contribution is -2.48. The number of guanidine groups is 1. The van der Waals surface area contributed by atoms with Crippen LogP contribution in [0.4, 0.5) is 13.2 Å². The number of methoxy groups -OCH3 is 1. The number of amides is 1. The van der Waals surface area contributed by atoms with E-state index < -0.39 is 35.8 Å². The van der Waals surface area contributed by atoms with Gasteiger partial charge in [-0.2, -0.15) is 13.2 Å². The van der Waals surface area contributed by atoms with Crippen LogP contribution in [0.3, 0.4) is 0 Å². The van der Waals surface area contributed by atoms with Gasteiger partial charge in [-0.25, -0.2) is 4.79 Å². The van der Waals surface area contributed by atoms with Crippen LogP contribution < -0.4 is 21.1 Å². The first-order valence-electron chi connectivity index (χ1n) is 9.33. The molecule has 1 aromatic rings. The number of hydrogen-bond donors (Lipinski definition) is 4. The van der Waals surface area contributed by atoms with Crippen molar-refractivity contribution in [2.75, 3.05) is 13.7 Å². The molecule has 1 heterocycles. The predicted octanol–water partition coefficient (Wildman–Crippen LogP) is 2.20. The molecule has 2 rings (SSSR count). The summed E-state index contributed by atoms with van der Waals surface area (Å²) in [4.78, 5) is 24.8. The van der Waals surface area contributed by atoms with Crippen LogP contribution in [-0.2, 0) is 14.3 Å². The number of oxime groups is 1. The number of alkyl halides is 3. The lowest BCUT2D eigenvalue weighted by atomic mass is 9.98. The van der Waals surface area contributed by atoms with Gasteiger partial charge in [-0.05, 0) is 43.5 Å². The van der Waals surface area contributed by atoms with Crippen molar-refractivity contribution in [3.63, 3.8) is 0 Å². The first-order valence-corrected chi connectivity index (χ1v) is 10.1. The summed E-state index contributed by atoms with van der Waals surface area (Å²) in [6, 6.07) is 1.90. The maximum absolute atomic E-state index is 13.7. The molecule has 32 heavy (non-hydrogen) atoms. The number of esters is 1. The number of nitrogens with two attached hydrogens (primary N) is 1. The minimum absolute atomic E-state index is 0.0193. The molecule has 0 aliphatic carbocycles. The normalized spacial score (nSPS) is 16.9. The molecule has 1 amide bonds. The number of aryl methyl sites for hydroxylation is 1. The van der Waals surface area contributed by atoms with Crippen molar-refractivity contribution >= 4 is 39.8 Å². The van der Waals surface area contributed by atoms with E-state index in [1.165, 1.54) is 6.07 Å². The van der Waals surface area contributed by atoms with E-state index >= 15 is 0 Å². The number of benzene rings is 1. The number of ether oxygens (including phenoxy) is 2. The molecule has 176 valence electrons. The Bertz CT molecular complexity index is 936. The Hall–Kier alpha value is -2.96. The molecule has 0 aromatic heterocycles. The smallest absolute Gasteiger partial charge is 0.429 e. The van der Waals surface area contributed by atoms with Gasteiger partial charge in [-0.1, -0.05) is 21.1 Å². The van der Waals surface area contributed by atoms with E-state index in [0.717, 1.165) is 13.2 Å².